The molecule has 0 aliphatic rings. The molecule has 0 aliphatic heterocycles. The maximum atomic E-state index is 12.6. The summed E-state index contributed by atoms with van der Waals surface area (Å²) in [6.07, 6.45) is -0.798. The average Bonchev–Trinajstić information content (AvgIpc) is 3.11. The molecule has 1 heterocycles. The first-order valence-electron chi connectivity index (χ1n) is 9.23. The van der Waals surface area contributed by atoms with Gasteiger partial charge in [0.25, 0.3) is 11.8 Å². The summed E-state index contributed by atoms with van der Waals surface area (Å²) in [6.45, 7) is 7.15. The molecule has 3 rings (SSSR count). The van der Waals surface area contributed by atoms with Crippen molar-refractivity contribution in [2.45, 2.75) is 33.8 Å². The molecule has 1 unspecified atom stereocenters. The Morgan fingerprint density at radius 1 is 1.00 bits per heavy atom. The Balaban J connectivity index is 1.66. The highest BCUT2D eigenvalue weighted by Crippen LogP contribution is 2.25. The number of amides is 2. The van der Waals surface area contributed by atoms with Crippen molar-refractivity contribution < 1.29 is 18.8 Å². The van der Waals surface area contributed by atoms with Crippen LogP contribution >= 0.6 is 0 Å². The van der Waals surface area contributed by atoms with Crippen LogP contribution < -0.4 is 15.6 Å². The van der Waals surface area contributed by atoms with Crippen LogP contribution in [0.2, 0.25) is 0 Å². The van der Waals surface area contributed by atoms with E-state index < -0.39 is 17.9 Å². The van der Waals surface area contributed by atoms with E-state index in [2.05, 4.69) is 16.0 Å². The number of aryl methyl sites for hydroxylation is 2. The molecule has 2 N–H and O–H groups in total. The lowest BCUT2D eigenvalue weighted by Gasteiger charge is -2.17. The maximum absolute atomic E-state index is 12.6. The molecule has 0 spiro atoms. The highest BCUT2D eigenvalue weighted by molar-refractivity contribution is 6.01. The van der Waals surface area contributed by atoms with Crippen LogP contribution in [0.5, 0.6) is 5.75 Å². The van der Waals surface area contributed by atoms with Gasteiger partial charge in [-0.1, -0.05) is 47.6 Å². The van der Waals surface area contributed by atoms with Crippen LogP contribution in [0.15, 0.2) is 53.1 Å². The largest absolute Gasteiger partial charge is 0.481 e. The number of nitrogens with one attached hydrogen (secondary N) is 2. The minimum Gasteiger partial charge on any atom is -0.481 e. The van der Waals surface area contributed by atoms with Gasteiger partial charge >= 0.3 is 0 Å². The number of hydrogen-bond acceptors (Lipinski definition) is 5. The summed E-state index contributed by atoms with van der Waals surface area (Å²) in [5.41, 5.74) is 8.26. The Labute approximate surface area is 169 Å². The second-order valence-electron chi connectivity index (χ2n) is 6.73. The number of benzene rings is 2. The number of rotatable bonds is 5. The van der Waals surface area contributed by atoms with Gasteiger partial charge in [0, 0.05) is 5.56 Å². The van der Waals surface area contributed by atoms with Crippen molar-refractivity contribution in [1.29, 1.82) is 0 Å². The Hall–Kier alpha value is -3.61. The molecule has 29 heavy (non-hydrogen) atoms. The zero-order valence-corrected chi connectivity index (χ0v) is 16.8. The van der Waals surface area contributed by atoms with Gasteiger partial charge in [0.05, 0.1) is 0 Å². The molecular formula is C22H23N3O4. The quantitative estimate of drug-likeness (QED) is 0.647. The Bertz CT molecular complexity index is 1030. The van der Waals surface area contributed by atoms with Crippen molar-refractivity contribution in [2.24, 2.45) is 0 Å². The first-order valence-corrected chi connectivity index (χ1v) is 9.23. The molecule has 0 fully saturated rings. The zero-order valence-electron chi connectivity index (χ0n) is 16.8. The van der Waals surface area contributed by atoms with Crippen molar-refractivity contribution in [2.75, 3.05) is 0 Å². The minimum atomic E-state index is -0.798. The van der Waals surface area contributed by atoms with Crippen LogP contribution in [-0.4, -0.2) is 23.1 Å². The summed E-state index contributed by atoms with van der Waals surface area (Å²) in [5.74, 6) is -0.0139. The van der Waals surface area contributed by atoms with Crippen molar-refractivity contribution >= 4 is 11.8 Å². The van der Waals surface area contributed by atoms with Crippen LogP contribution in [0.4, 0.5) is 0 Å². The van der Waals surface area contributed by atoms with Gasteiger partial charge in [-0.05, 0) is 44.9 Å². The van der Waals surface area contributed by atoms with E-state index in [0.717, 1.165) is 16.7 Å². The van der Waals surface area contributed by atoms with E-state index in [4.69, 9.17) is 9.26 Å². The molecule has 2 aromatic carbocycles. The average molecular weight is 393 g/mol. The summed E-state index contributed by atoms with van der Waals surface area (Å²) >= 11 is 0. The van der Waals surface area contributed by atoms with Crippen molar-refractivity contribution in [3.63, 3.8) is 0 Å². The van der Waals surface area contributed by atoms with Crippen LogP contribution in [0, 0.1) is 20.8 Å². The second kappa shape index (κ2) is 8.60. The summed E-state index contributed by atoms with van der Waals surface area (Å²) < 4.78 is 10.9. The molecule has 3 aromatic rings. The van der Waals surface area contributed by atoms with Crippen molar-refractivity contribution in [1.82, 2.24) is 16.0 Å². The van der Waals surface area contributed by atoms with Gasteiger partial charge in [-0.15, -0.1) is 0 Å². The van der Waals surface area contributed by atoms with E-state index in [1.54, 1.807) is 19.9 Å². The molecule has 7 heteroatoms. The lowest BCUT2D eigenvalue weighted by molar-refractivity contribution is -0.128. The number of carbonyl (C=O) groups is 2. The summed E-state index contributed by atoms with van der Waals surface area (Å²) in [7, 11) is 0. The summed E-state index contributed by atoms with van der Waals surface area (Å²) in [4.78, 5) is 25.0. The lowest BCUT2D eigenvalue weighted by atomic mass is 10.1. The van der Waals surface area contributed by atoms with Gasteiger partial charge in [-0.2, -0.15) is 0 Å². The van der Waals surface area contributed by atoms with Crippen LogP contribution in [-0.2, 0) is 4.79 Å². The normalized spacial score (nSPS) is 11.6. The van der Waals surface area contributed by atoms with Gasteiger partial charge in [0.15, 0.2) is 6.10 Å². The first-order chi connectivity index (χ1) is 13.9. The number of nitrogens with zero attached hydrogens (tertiary/aromatic N) is 1. The van der Waals surface area contributed by atoms with Gasteiger partial charge in [-0.3, -0.25) is 20.4 Å². The smallest absolute Gasteiger partial charge is 0.279 e. The fourth-order valence-corrected chi connectivity index (χ4v) is 2.81. The summed E-state index contributed by atoms with van der Waals surface area (Å²) in [6, 6.07) is 14.8. The second-order valence-corrected chi connectivity index (χ2v) is 6.73. The van der Waals surface area contributed by atoms with E-state index in [9.17, 15) is 9.59 Å². The van der Waals surface area contributed by atoms with Gasteiger partial charge in [-0.25, -0.2) is 0 Å². The van der Waals surface area contributed by atoms with Crippen LogP contribution in [0.1, 0.15) is 34.2 Å². The number of carbonyl (C=O) groups excluding carboxylic acids is 2. The van der Waals surface area contributed by atoms with E-state index in [-0.39, 0.29) is 5.56 Å². The molecule has 0 saturated heterocycles. The van der Waals surface area contributed by atoms with Crippen LogP contribution in [0.25, 0.3) is 11.3 Å². The number of aromatic nitrogens is 1. The van der Waals surface area contributed by atoms with Crippen molar-refractivity contribution in [3.05, 3.63) is 71.0 Å². The van der Waals surface area contributed by atoms with Gasteiger partial charge in [0.1, 0.15) is 22.8 Å². The fourth-order valence-electron chi connectivity index (χ4n) is 2.81. The molecule has 1 aromatic heterocycles. The topological polar surface area (TPSA) is 93.5 Å². The van der Waals surface area contributed by atoms with Crippen molar-refractivity contribution in [3.8, 4) is 17.0 Å². The van der Waals surface area contributed by atoms with E-state index in [1.165, 1.54) is 0 Å². The highest BCUT2D eigenvalue weighted by atomic mass is 16.5. The Morgan fingerprint density at radius 3 is 2.45 bits per heavy atom. The fraction of sp³-hybridized carbons (Fsp3) is 0.227. The standard InChI is InChI=1S/C22H23N3O4/c1-13-9-8-12-18(14(13)2)28-16(4)21(26)23-24-22(27)19-15(3)29-25-20(19)17-10-6-5-7-11-17/h5-12,16H,1-4H3,(H,23,26)(H,24,27). The van der Waals surface area contributed by atoms with E-state index in [1.807, 2.05) is 56.3 Å². The summed E-state index contributed by atoms with van der Waals surface area (Å²) in [5, 5.41) is 3.97. The maximum Gasteiger partial charge on any atom is 0.279 e. The third-order valence-corrected chi connectivity index (χ3v) is 4.66. The Morgan fingerprint density at radius 2 is 1.72 bits per heavy atom. The third-order valence-electron chi connectivity index (χ3n) is 4.66. The Kier molecular flexibility index (Phi) is 5.97. The predicted molar refractivity (Wildman–Crippen MR) is 108 cm³/mol. The predicted octanol–water partition coefficient (Wildman–Crippen LogP) is 3.50. The molecule has 0 radical (unpaired) electrons. The molecule has 2 amide bonds. The molecular weight excluding hydrogens is 370 g/mol. The highest BCUT2D eigenvalue weighted by Gasteiger charge is 2.23. The molecule has 0 aliphatic carbocycles. The van der Waals surface area contributed by atoms with Gasteiger partial charge < -0.3 is 9.26 Å². The van der Waals surface area contributed by atoms with E-state index >= 15 is 0 Å². The van der Waals surface area contributed by atoms with E-state index in [0.29, 0.717) is 17.2 Å². The zero-order chi connectivity index (χ0) is 21.0. The number of hydrazine groups is 1. The monoisotopic (exact) mass is 393 g/mol. The first kappa shape index (κ1) is 20.1. The number of ether oxygens (including phenoxy) is 1. The minimum absolute atomic E-state index is 0.264. The molecule has 1 atom stereocenters. The number of hydrogen-bond donors (Lipinski definition) is 2. The SMILES string of the molecule is Cc1cccc(OC(C)C(=O)NNC(=O)c2c(-c3ccccc3)noc2C)c1C. The third kappa shape index (κ3) is 4.45. The molecule has 0 bridgehead atoms. The molecule has 7 nitrogen and oxygen atoms in total. The van der Waals surface area contributed by atoms with Gasteiger partial charge in [0.2, 0.25) is 0 Å². The lowest BCUT2D eigenvalue weighted by Crippen LogP contribution is -2.47. The molecule has 0 saturated carbocycles. The molecule has 150 valence electrons. The van der Waals surface area contributed by atoms with Crippen LogP contribution in [0.3, 0.4) is 0 Å².